The predicted octanol–water partition coefficient (Wildman–Crippen LogP) is 5.95. The highest BCUT2D eigenvalue weighted by Crippen LogP contribution is 2.37. The standard InChI is InChI=1S/C21H22F2O3/c1-13-2-4-14(5-3-13)15-6-8-16(9-7-15)19-12-17(26-21(22)23)10-11-18(19)20(24)25/h6-14,21H,2-5H2,1H3,(H,24,25). The topological polar surface area (TPSA) is 46.5 Å². The van der Waals surface area contributed by atoms with Gasteiger partial charge in [0, 0.05) is 0 Å². The molecule has 2 aromatic rings. The quantitative estimate of drug-likeness (QED) is 0.717. The van der Waals surface area contributed by atoms with E-state index >= 15 is 0 Å². The normalized spacial score (nSPS) is 20.2. The highest BCUT2D eigenvalue weighted by molar-refractivity contribution is 5.96. The van der Waals surface area contributed by atoms with Crippen LogP contribution in [0.2, 0.25) is 0 Å². The van der Waals surface area contributed by atoms with Crippen LogP contribution in [0.5, 0.6) is 5.75 Å². The van der Waals surface area contributed by atoms with Crippen LogP contribution in [0.1, 0.15) is 54.4 Å². The number of rotatable bonds is 5. The van der Waals surface area contributed by atoms with Gasteiger partial charge in [-0.25, -0.2) is 4.79 Å². The van der Waals surface area contributed by atoms with Gasteiger partial charge in [0.1, 0.15) is 5.75 Å². The molecule has 1 aliphatic carbocycles. The van der Waals surface area contributed by atoms with Crippen molar-refractivity contribution in [3.63, 3.8) is 0 Å². The molecule has 0 unspecified atom stereocenters. The lowest BCUT2D eigenvalue weighted by Gasteiger charge is -2.26. The Morgan fingerprint density at radius 1 is 1.08 bits per heavy atom. The number of halogens is 2. The molecule has 1 N–H and O–H groups in total. The molecule has 0 atom stereocenters. The maximum absolute atomic E-state index is 12.5. The summed E-state index contributed by atoms with van der Waals surface area (Å²) in [4.78, 5) is 11.5. The van der Waals surface area contributed by atoms with Crippen LogP contribution in [0, 0.1) is 5.92 Å². The molecule has 1 aliphatic rings. The molecule has 0 amide bonds. The third kappa shape index (κ3) is 4.21. The van der Waals surface area contributed by atoms with Crippen molar-refractivity contribution in [2.45, 2.75) is 45.1 Å². The molecule has 1 fully saturated rings. The summed E-state index contributed by atoms with van der Waals surface area (Å²) in [5.74, 6) is 0.160. The number of carbonyl (C=O) groups is 1. The minimum Gasteiger partial charge on any atom is -0.478 e. The Bertz CT molecular complexity index is 763. The molecule has 5 heteroatoms. The van der Waals surface area contributed by atoms with E-state index in [1.807, 2.05) is 24.3 Å². The molecular weight excluding hydrogens is 338 g/mol. The van der Waals surface area contributed by atoms with E-state index < -0.39 is 12.6 Å². The Morgan fingerprint density at radius 3 is 2.31 bits per heavy atom. The lowest BCUT2D eigenvalue weighted by molar-refractivity contribution is -0.0498. The second-order valence-corrected chi connectivity index (χ2v) is 6.97. The molecule has 3 rings (SSSR count). The predicted molar refractivity (Wildman–Crippen MR) is 95.8 cm³/mol. The molecule has 0 radical (unpaired) electrons. The summed E-state index contributed by atoms with van der Waals surface area (Å²) in [7, 11) is 0. The van der Waals surface area contributed by atoms with E-state index in [1.165, 1.54) is 49.4 Å². The Hall–Kier alpha value is -2.43. The molecule has 0 aromatic heterocycles. The fraction of sp³-hybridized carbons (Fsp3) is 0.381. The van der Waals surface area contributed by atoms with Gasteiger partial charge in [-0.3, -0.25) is 0 Å². The van der Waals surface area contributed by atoms with Gasteiger partial charge < -0.3 is 9.84 Å². The monoisotopic (exact) mass is 360 g/mol. The van der Waals surface area contributed by atoms with Crippen LogP contribution < -0.4 is 4.74 Å². The molecule has 26 heavy (non-hydrogen) atoms. The van der Waals surface area contributed by atoms with Crippen molar-refractivity contribution in [1.82, 2.24) is 0 Å². The van der Waals surface area contributed by atoms with Crippen LogP contribution >= 0.6 is 0 Å². The largest absolute Gasteiger partial charge is 0.478 e. The summed E-state index contributed by atoms with van der Waals surface area (Å²) < 4.78 is 29.3. The molecule has 0 heterocycles. The lowest BCUT2D eigenvalue weighted by atomic mass is 9.79. The minimum atomic E-state index is -2.95. The molecular formula is C21H22F2O3. The fourth-order valence-corrected chi connectivity index (χ4v) is 3.65. The van der Waals surface area contributed by atoms with Crippen molar-refractivity contribution in [1.29, 1.82) is 0 Å². The first kappa shape index (κ1) is 18.4. The zero-order valence-electron chi connectivity index (χ0n) is 14.6. The van der Waals surface area contributed by atoms with E-state index in [0.717, 1.165) is 5.92 Å². The number of alkyl halides is 2. The number of hydrogen-bond donors (Lipinski definition) is 1. The average molecular weight is 360 g/mol. The molecule has 0 bridgehead atoms. The first-order valence-electron chi connectivity index (χ1n) is 8.86. The lowest BCUT2D eigenvalue weighted by Crippen LogP contribution is -2.10. The van der Waals surface area contributed by atoms with Gasteiger partial charge >= 0.3 is 12.6 Å². The van der Waals surface area contributed by atoms with E-state index in [-0.39, 0.29) is 11.3 Å². The van der Waals surface area contributed by atoms with Crippen LogP contribution in [0.15, 0.2) is 42.5 Å². The number of benzene rings is 2. The van der Waals surface area contributed by atoms with Crippen molar-refractivity contribution in [2.24, 2.45) is 5.92 Å². The van der Waals surface area contributed by atoms with Crippen molar-refractivity contribution < 1.29 is 23.4 Å². The van der Waals surface area contributed by atoms with Crippen LogP contribution in [-0.2, 0) is 0 Å². The molecule has 138 valence electrons. The van der Waals surface area contributed by atoms with Crippen LogP contribution in [0.3, 0.4) is 0 Å². The van der Waals surface area contributed by atoms with E-state index in [0.29, 0.717) is 17.0 Å². The van der Waals surface area contributed by atoms with Crippen LogP contribution in [0.25, 0.3) is 11.1 Å². The van der Waals surface area contributed by atoms with Crippen LogP contribution in [0.4, 0.5) is 8.78 Å². The summed E-state index contributed by atoms with van der Waals surface area (Å²) in [6.45, 7) is -0.670. The fourth-order valence-electron chi connectivity index (χ4n) is 3.65. The second kappa shape index (κ2) is 7.85. The van der Waals surface area contributed by atoms with E-state index in [4.69, 9.17) is 0 Å². The molecule has 0 spiro atoms. The Kier molecular flexibility index (Phi) is 5.55. The third-order valence-electron chi connectivity index (χ3n) is 5.16. The van der Waals surface area contributed by atoms with E-state index in [9.17, 15) is 18.7 Å². The summed E-state index contributed by atoms with van der Waals surface area (Å²) in [5, 5.41) is 9.39. The van der Waals surface area contributed by atoms with Gasteiger partial charge in [0.25, 0.3) is 0 Å². The van der Waals surface area contributed by atoms with Gasteiger partial charge in [0.15, 0.2) is 0 Å². The highest BCUT2D eigenvalue weighted by atomic mass is 19.3. The maximum Gasteiger partial charge on any atom is 0.387 e. The third-order valence-corrected chi connectivity index (χ3v) is 5.16. The molecule has 0 aliphatic heterocycles. The van der Waals surface area contributed by atoms with Crippen LogP contribution in [-0.4, -0.2) is 17.7 Å². The van der Waals surface area contributed by atoms with Gasteiger partial charge in [0.05, 0.1) is 5.56 Å². The SMILES string of the molecule is CC1CCC(c2ccc(-c3cc(OC(F)F)ccc3C(=O)O)cc2)CC1. The highest BCUT2D eigenvalue weighted by Gasteiger charge is 2.20. The number of ether oxygens (including phenoxy) is 1. The molecule has 3 nitrogen and oxygen atoms in total. The van der Waals surface area contributed by atoms with E-state index in [1.54, 1.807) is 0 Å². The zero-order chi connectivity index (χ0) is 18.7. The smallest absolute Gasteiger partial charge is 0.387 e. The van der Waals surface area contributed by atoms with E-state index in [2.05, 4.69) is 11.7 Å². The summed E-state index contributed by atoms with van der Waals surface area (Å²) in [5.41, 5.74) is 2.36. The Balaban J connectivity index is 1.88. The maximum atomic E-state index is 12.5. The molecule has 2 aromatic carbocycles. The van der Waals surface area contributed by atoms with Crippen molar-refractivity contribution in [3.05, 3.63) is 53.6 Å². The Morgan fingerprint density at radius 2 is 1.73 bits per heavy atom. The summed E-state index contributed by atoms with van der Waals surface area (Å²) >= 11 is 0. The van der Waals surface area contributed by atoms with Gasteiger partial charge in [-0.05, 0) is 59.6 Å². The van der Waals surface area contributed by atoms with Gasteiger partial charge in [0.2, 0.25) is 0 Å². The van der Waals surface area contributed by atoms with Gasteiger partial charge in [-0.15, -0.1) is 0 Å². The van der Waals surface area contributed by atoms with Gasteiger partial charge in [-0.2, -0.15) is 8.78 Å². The van der Waals surface area contributed by atoms with Crippen molar-refractivity contribution in [2.75, 3.05) is 0 Å². The Labute approximate surface area is 151 Å². The summed E-state index contributed by atoms with van der Waals surface area (Å²) in [6.07, 6.45) is 4.78. The first-order chi connectivity index (χ1) is 12.4. The van der Waals surface area contributed by atoms with Gasteiger partial charge in [-0.1, -0.05) is 44.0 Å². The number of carboxylic acids is 1. The average Bonchev–Trinajstić information content (AvgIpc) is 2.62. The first-order valence-corrected chi connectivity index (χ1v) is 8.86. The zero-order valence-corrected chi connectivity index (χ0v) is 14.6. The number of aromatic carboxylic acids is 1. The summed E-state index contributed by atoms with van der Waals surface area (Å²) in [6, 6.07) is 11.7. The molecule has 1 saturated carbocycles. The molecule has 0 saturated heterocycles. The van der Waals surface area contributed by atoms with Crippen molar-refractivity contribution >= 4 is 5.97 Å². The van der Waals surface area contributed by atoms with Crippen molar-refractivity contribution in [3.8, 4) is 16.9 Å². The number of carboxylic acid groups (broad SMARTS) is 1. The second-order valence-electron chi connectivity index (χ2n) is 6.97. The minimum absolute atomic E-state index is 0.0506. The number of hydrogen-bond acceptors (Lipinski definition) is 2.